The van der Waals surface area contributed by atoms with Gasteiger partial charge in [0.25, 0.3) is 8.32 Å². The molecule has 0 spiro atoms. The van der Waals surface area contributed by atoms with E-state index in [0.717, 1.165) is 29.6 Å². The smallest absolute Gasteiger partial charge is 0.307 e. The third kappa shape index (κ3) is 6.56. The van der Waals surface area contributed by atoms with Crippen LogP contribution in [0.3, 0.4) is 0 Å². The standard InChI is InChI=1S/C27H36O3Si/c1-7-22(21-25(28)30-26(2,3)4)15-14-20-27(5,6)31(29,23-16-10-8-11-17-23)24-18-12-9-13-19-24/h1,8-13,16-19,22,29H,14-15,20-21H2,2-6H3. The van der Waals surface area contributed by atoms with Crippen LogP contribution in [0.2, 0.25) is 5.04 Å². The van der Waals surface area contributed by atoms with E-state index in [-0.39, 0.29) is 23.3 Å². The molecule has 2 aromatic rings. The van der Waals surface area contributed by atoms with Gasteiger partial charge in [-0.15, -0.1) is 12.3 Å². The molecule has 0 aliphatic heterocycles. The molecule has 0 aliphatic carbocycles. The van der Waals surface area contributed by atoms with E-state index in [2.05, 4.69) is 19.8 Å². The van der Waals surface area contributed by atoms with Gasteiger partial charge >= 0.3 is 5.97 Å². The van der Waals surface area contributed by atoms with Gasteiger partial charge in [0.15, 0.2) is 0 Å². The number of terminal acetylenes is 1. The van der Waals surface area contributed by atoms with Crippen LogP contribution in [0.5, 0.6) is 0 Å². The van der Waals surface area contributed by atoms with E-state index in [9.17, 15) is 9.59 Å². The van der Waals surface area contributed by atoms with Gasteiger partial charge in [0.05, 0.1) is 6.42 Å². The predicted molar refractivity (Wildman–Crippen MR) is 131 cm³/mol. The molecule has 1 atom stereocenters. The normalized spacial score (nSPS) is 13.3. The topological polar surface area (TPSA) is 46.5 Å². The Bertz CT molecular complexity index is 837. The van der Waals surface area contributed by atoms with Crippen LogP contribution in [0, 0.1) is 18.3 Å². The second-order valence-corrected chi connectivity index (χ2v) is 13.8. The molecule has 4 heteroatoms. The molecule has 0 aliphatic rings. The second-order valence-electron chi connectivity index (χ2n) is 9.87. The summed E-state index contributed by atoms with van der Waals surface area (Å²) in [5, 5.41) is 1.70. The summed E-state index contributed by atoms with van der Waals surface area (Å²) in [6, 6.07) is 20.0. The van der Waals surface area contributed by atoms with Gasteiger partial charge in [0, 0.05) is 5.92 Å². The minimum atomic E-state index is -3.02. The minimum Gasteiger partial charge on any atom is -0.460 e. The Morgan fingerprint density at radius 1 is 1.00 bits per heavy atom. The number of hydrogen-bond acceptors (Lipinski definition) is 3. The summed E-state index contributed by atoms with van der Waals surface area (Å²) in [7, 11) is -3.02. The third-order valence-corrected chi connectivity index (χ3v) is 10.3. The first-order valence-electron chi connectivity index (χ1n) is 11.0. The van der Waals surface area contributed by atoms with Crippen molar-refractivity contribution in [3.05, 3.63) is 60.7 Å². The predicted octanol–water partition coefficient (Wildman–Crippen LogP) is 4.67. The first kappa shape index (κ1) is 24.9. The zero-order chi connectivity index (χ0) is 23.1. The highest BCUT2D eigenvalue weighted by Gasteiger charge is 2.49. The highest BCUT2D eigenvalue weighted by atomic mass is 28.4. The largest absolute Gasteiger partial charge is 0.460 e. The van der Waals surface area contributed by atoms with Crippen molar-refractivity contribution in [3.63, 3.8) is 0 Å². The molecule has 0 amide bonds. The van der Waals surface area contributed by atoms with Crippen LogP contribution >= 0.6 is 0 Å². The number of benzene rings is 2. The lowest BCUT2D eigenvalue weighted by Crippen LogP contribution is -2.65. The lowest BCUT2D eigenvalue weighted by Gasteiger charge is -2.41. The fourth-order valence-corrected chi connectivity index (χ4v) is 7.89. The molecule has 0 fully saturated rings. The van der Waals surface area contributed by atoms with Crippen molar-refractivity contribution < 1.29 is 14.3 Å². The van der Waals surface area contributed by atoms with E-state index in [1.807, 2.05) is 81.4 Å². The number of ether oxygens (including phenoxy) is 1. The van der Waals surface area contributed by atoms with Crippen LogP contribution in [0.25, 0.3) is 0 Å². The molecule has 1 unspecified atom stereocenters. The Balaban J connectivity index is 2.14. The summed E-state index contributed by atoms with van der Waals surface area (Å²) in [5.41, 5.74) is -0.508. The maximum absolute atomic E-state index is 12.2. The van der Waals surface area contributed by atoms with Crippen LogP contribution < -0.4 is 10.4 Å². The number of rotatable bonds is 9. The Labute approximate surface area is 189 Å². The van der Waals surface area contributed by atoms with Crippen molar-refractivity contribution in [2.75, 3.05) is 0 Å². The van der Waals surface area contributed by atoms with Crippen LogP contribution in [0.1, 0.15) is 60.3 Å². The molecule has 2 aromatic carbocycles. The number of hydrogen-bond donors (Lipinski definition) is 1. The Morgan fingerprint density at radius 2 is 1.48 bits per heavy atom. The van der Waals surface area contributed by atoms with Crippen LogP contribution in [-0.2, 0) is 9.53 Å². The highest BCUT2D eigenvalue weighted by Crippen LogP contribution is 2.40. The molecule has 166 valence electrons. The Kier molecular flexibility index (Phi) is 8.28. The van der Waals surface area contributed by atoms with Crippen LogP contribution in [0.4, 0.5) is 0 Å². The van der Waals surface area contributed by atoms with Crippen molar-refractivity contribution in [2.24, 2.45) is 5.92 Å². The van der Waals surface area contributed by atoms with E-state index in [1.165, 1.54) is 0 Å². The Morgan fingerprint density at radius 3 is 1.90 bits per heavy atom. The molecule has 0 saturated heterocycles. The second kappa shape index (κ2) is 10.3. The molecular formula is C27H36O3Si. The summed E-state index contributed by atoms with van der Waals surface area (Å²) in [5.74, 6) is 2.34. The molecule has 0 aromatic heterocycles. The van der Waals surface area contributed by atoms with E-state index < -0.39 is 13.9 Å². The zero-order valence-corrected chi connectivity index (χ0v) is 20.5. The fraction of sp³-hybridized carbons (Fsp3) is 0.444. The van der Waals surface area contributed by atoms with Crippen molar-refractivity contribution in [2.45, 2.75) is 70.9 Å². The lowest BCUT2D eigenvalue weighted by molar-refractivity contribution is -0.155. The van der Waals surface area contributed by atoms with Gasteiger partial charge in [-0.2, -0.15) is 0 Å². The van der Waals surface area contributed by atoms with Gasteiger partial charge in [-0.3, -0.25) is 4.79 Å². The monoisotopic (exact) mass is 436 g/mol. The maximum Gasteiger partial charge on any atom is 0.307 e. The minimum absolute atomic E-state index is 0.158. The molecule has 0 saturated carbocycles. The quantitative estimate of drug-likeness (QED) is 0.353. The molecule has 0 heterocycles. The summed E-state index contributed by atoms with van der Waals surface area (Å²) < 4.78 is 5.42. The third-order valence-electron chi connectivity index (χ3n) is 5.79. The van der Waals surface area contributed by atoms with Gasteiger partial charge in [-0.05, 0) is 49.0 Å². The summed E-state index contributed by atoms with van der Waals surface area (Å²) in [6.07, 6.45) is 8.31. The van der Waals surface area contributed by atoms with Gasteiger partial charge in [0.2, 0.25) is 0 Å². The molecule has 0 bridgehead atoms. The zero-order valence-electron chi connectivity index (χ0n) is 19.5. The fourth-order valence-electron chi connectivity index (χ4n) is 4.11. The van der Waals surface area contributed by atoms with Crippen LogP contribution in [0.15, 0.2) is 60.7 Å². The molecule has 3 nitrogen and oxygen atoms in total. The number of esters is 1. The SMILES string of the molecule is C#CC(CCCC(C)(C)[Si](O)(c1ccccc1)c1ccccc1)CC(=O)OC(C)(C)C. The van der Waals surface area contributed by atoms with Crippen molar-refractivity contribution in [1.29, 1.82) is 0 Å². The molecule has 2 rings (SSSR count). The molecule has 0 radical (unpaired) electrons. The van der Waals surface area contributed by atoms with E-state index in [4.69, 9.17) is 11.2 Å². The van der Waals surface area contributed by atoms with Gasteiger partial charge in [0.1, 0.15) is 5.60 Å². The van der Waals surface area contributed by atoms with Crippen molar-refractivity contribution in [1.82, 2.24) is 0 Å². The highest BCUT2D eigenvalue weighted by molar-refractivity contribution is 6.98. The molecule has 1 N–H and O–H groups in total. The van der Waals surface area contributed by atoms with Gasteiger partial charge in [-0.1, -0.05) is 80.9 Å². The van der Waals surface area contributed by atoms with Gasteiger partial charge < -0.3 is 9.53 Å². The number of carbonyl (C=O) groups is 1. The Hall–Kier alpha value is -2.35. The van der Waals surface area contributed by atoms with E-state index >= 15 is 0 Å². The summed E-state index contributed by atoms with van der Waals surface area (Å²) >= 11 is 0. The average Bonchev–Trinajstić information content (AvgIpc) is 2.72. The number of carbonyl (C=O) groups excluding carboxylic acids is 1. The van der Waals surface area contributed by atoms with Crippen molar-refractivity contribution >= 4 is 24.7 Å². The summed E-state index contributed by atoms with van der Waals surface area (Å²) in [6.45, 7) is 9.88. The van der Waals surface area contributed by atoms with E-state index in [0.29, 0.717) is 0 Å². The molecule has 31 heavy (non-hydrogen) atoms. The average molecular weight is 437 g/mol. The summed E-state index contributed by atoms with van der Waals surface area (Å²) in [4.78, 5) is 24.4. The molecular weight excluding hydrogens is 400 g/mol. The maximum atomic E-state index is 12.2. The lowest BCUT2D eigenvalue weighted by atomic mass is 9.96. The van der Waals surface area contributed by atoms with Crippen LogP contribution in [-0.4, -0.2) is 24.7 Å². The first-order chi connectivity index (χ1) is 14.5. The van der Waals surface area contributed by atoms with Crippen molar-refractivity contribution in [3.8, 4) is 12.3 Å². The van der Waals surface area contributed by atoms with Gasteiger partial charge in [-0.25, -0.2) is 0 Å². The first-order valence-corrected chi connectivity index (χ1v) is 13.0. The van der Waals surface area contributed by atoms with E-state index in [1.54, 1.807) is 0 Å².